The Bertz CT molecular complexity index is 430. The van der Waals surface area contributed by atoms with Crippen LogP contribution in [0.25, 0.3) is 11.3 Å². The molecule has 3 heteroatoms. The minimum atomic E-state index is -0.338. The fourth-order valence-electron chi connectivity index (χ4n) is 1.65. The molecule has 0 saturated heterocycles. The fraction of sp³-hybridized carbons (Fsp3) is 0.231. The van der Waals surface area contributed by atoms with E-state index in [1.165, 1.54) is 0 Å². The van der Waals surface area contributed by atoms with Crippen LogP contribution in [-0.2, 0) is 9.47 Å². The van der Waals surface area contributed by atoms with Crippen molar-refractivity contribution in [2.45, 2.75) is 6.29 Å². The molecule has 0 N–H and O–H groups in total. The standard InChI is InChI=1S/C13H14O3/c1-14-13(15-2)11-6-3-5-10(9-11)12-7-4-8-16-12/h3-9,13H,1-2H3. The second-order valence-corrected chi connectivity index (χ2v) is 3.41. The first-order valence-electron chi connectivity index (χ1n) is 5.04. The Balaban J connectivity index is 2.33. The van der Waals surface area contributed by atoms with Gasteiger partial charge in [0.2, 0.25) is 0 Å². The lowest BCUT2D eigenvalue weighted by Gasteiger charge is -2.14. The van der Waals surface area contributed by atoms with Gasteiger partial charge in [0.15, 0.2) is 6.29 Å². The van der Waals surface area contributed by atoms with Crippen LogP contribution < -0.4 is 0 Å². The molecule has 0 fully saturated rings. The minimum absolute atomic E-state index is 0.338. The van der Waals surface area contributed by atoms with Gasteiger partial charge in [0.05, 0.1) is 6.26 Å². The van der Waals surface area contributed by atoms with Crippen molar-refractivity contribution >= 4 is 0 Å². The number of ether oxygens (including phenoxy) is 2. The molecule has 0 aliphatic heterocycles. The Labute approximate surface area is 94.6 Å². The molecular formula is C13H14O3. The largest absolute Gasteiger partial charge is 0.464 e. The number of hydrogen-bond acceptors (Lipinski definition) is 3. The van der Waals surface area contributed by atoms with Crippen LogP contribution in [0, 0.1) is 0 Å². The summed E-state index contributed by atoms with van der Waals surface area (Å²) in [5.41, 5.74) is 1.99. The average Bonchev–Trinajstić information content (AvgIpc) is 2.85. The summed E-state index contributed by atoms with van der Waals surface area (Å²) in [5, 5.41) is 0. The van der Waals surface area contributed by atoms with E-state index in [1.807, 2.05) is 36.4 Å². The molecule has 0 spiro atoms. The summed E-state index contributed by atoms with van der Waals surface area (Å²) in [6, 6.07) is 11.7. The Kier molecular flexibility index (Phi) is 3.39. The molecule has 0 saturated carbocycles. The molecule has 16 heavy (non-hydrogen) atoms. The van der Waals surface area contributed by atoms with E-state index in [4.69, 9.17) is 13.9 Å². The van der Waals surface area contributed by atoms with Crippen LogP contribution in [0.3, 0.4) is 0 Å². The van der Waals surface area contributed by atoms with E-state index in [-0.39, 0.29) is 6.29 Å². The maximum atomic E-state index is 5.34. The molecule has 0 radical (unpaired) electrons. The zero-order valence-corrected chi connectivity index (χ0v) is 9.34. The molecule has 0 atom stereocenters. The van der Waals surface area contributed by atoms with Crippen LogP contribution in [-0.4, -0.2) is 14.2 Å². The third-order valence-corrected chi connectivity index (χ3v) is 2.39. The highest BCUT2D eigenvalue weighted by molar-refractivity contribution is 5.58. The average molecular weight is 218 g/mol. The zero-order valence-electron chi connectivity index (χ0n) is 9.34. The van der Waals surface area contributed by atoms with Crippen molar-refractivity contribution in [3.8, 4) is 11.3 Å². The highest BCUT2D eigenvalue weighted by Crippen LogP contribution is 2.25. The monoisotopic (exact) mass is 218 g/mol. The van der Waals surface area contributed by atoms with Crippen molar-refractivity contribution in [3.05, 3.63) is 48.2 Å². The van der Waals surface area contributed by atoms with Crippen molar-refractivity contribution in [1.29, 1.82) is 0 Å². The number of rotatable bonds is 4. The predicted molar refractivity (Wildman–Crippen MR) is 60.9 cm³/mol. The van der Waals surface area contributed by atoms with E-state index in [1.54, 1.807) is 20.5 Å². The molecule has 84 valence electrons. The molecule has 2 rings (SSSR count). The highest BCUT2D eigenvalue weighted by atomic mass is 16.7. The fourth-order valence-corrected chi connectivity index (χ4v) is 1.65. The molecule has 0 aliphatic carbocycles. The van der Waals surface area contributed by atoms with Crippen LogP contribution in [0.1, 0.15) is 11.9 Å². The van der Waals surface area contributed by atoms with Crippen LogP contribution >= 0.6 is 0 Å². The second-order valence-electron chi connectivity index (χ2n) is 3.41. The van der Waals surface area contributed by atoms with Gasteiger partial charge in [-0.15, -0.1) is 0 Å². The van der Waals surface area contributed by atoms with E-state index in [0.29, 0.717) is 0 Å². The molecule has 0 amide bonds. The molecule has 1 aromatic carbocycles. The minimum Gasteiger partial charge on any atom is -0.464 e. The summed E-state index contributed by atoms with van der Waals surface area (Å²) in [4.78, 5) is 0. The van der Waals surface area contributed by atoms with Crippen LogP contribution in [0.4, 0.5) is 0 Å². The first kappa shape index (κ1) is 10.9. The third-order valence-electron chi connectivity index (χ3n) is 2.39. The number of methoxy groups -OCH3 is 2. The second kappa shape index (κ2) is 4.96. The number of benzene rings is 1. The van der Waals surface area contributed by atoms with E-state index < -0.39 is 0 Å². The first-order valence-corrected chi connectivity index (χ1v) is 5.04. The summed E-state index contributed by atoms with van der Waals surface area (Å²) in [5.74, 6) is 0.841. The van der Waals surface area contributed by atoms with Gasteiger partial charge in [-0.1, -0.05) is 18.2 Å². The zero-order chi connectivity index (χ0) is 11.4. The molecule has 0 aliphatic rings. The molecule has 0 bridgehead atoms. The molecule has 1 heterocycles. The smallest absolute Gasteiger partial charge is 0.183 e. The van der Waals surface area contributed by atoms with Gasteiger partial charge < -0.3 is 13.9 Å². The number of hydrogen-bond donors (Lipinski definition) is 0. The summed E-state index contributed by atoms with van der Waals surface area (Å²) in [6.07, 6.45) is 1.32. The molecule has 3 nitrogen and oxygen atoms in total. The Hall–Kier alpha value is -1.58. The third kappa shape index (κ3) is 2.15. The van der Waals surface area contributed by atoms with E-state index >= 15 is 0 Å². The van der Waals surface area contributed by atoms with Crippen molar-refractivity contribution in [1.82, 2.24) is 0 Å². The molecule has 2 aromatic rings. The summed E-state index contributed by atoms with van der Waals surface area (Å²) >= 11 is 0. The first-order chi connectivity index (χ1) is 7.85. The maximum Gasteiger partial charge on any atom is 0.183 e. The van der Waals surface area contributed by atoms with Gasteiger partial charge in [0.25, 0.3) is 0 Å². The molecular weight excluding hydrogens is 204 g/mol. The van der Waals surface area contributed by atoms with Crippen molar-refractivity contribution in [2.24, 2.45) is 0 Å². The van der Waals surface area contributed by atoms with Gasteiger partial charge in [0.1, 0.15) is 5.76 Å². The lowest BCUT2D eigenvalue weighted by molar-refractivity contribution is -0.105. The normalized spacial score (nSPS) is 10.9. The quantitative estimate of drug-likeness (QED) is 0.738. The highest BCUT2D eigenvalue weighted by Gasteiger charge is 2.10. The SMILES string of the molecule is COC(OC)c1cccc(-c2ccco2)c1. The van der Waals surface area contributed by atoms with Crippen molar-refractivity contribution in [3.63, 3.8) is 0 Å². The Morgan fingerprint density at radius 1 is 1.06 bits per heavy atom. The van der Waals surface area contributed by atoms with Gasteiger partial charge >= 0.3 is 0 Å². The Morgan fingerprint density at radius 2 is 1.88 bits per heavy atom. The van der Waals surface area contributed by atoms with Gasteiger partial charge in [-0.3, -0.25) is 0 Å². The van der Waals surface area contributed by atoms with E-state index in [0.717, 1.165) is 16.9 Å². The van der Waals surface area contributed by atoms with Crippen LogP contribution in [0.15, 0.2) is 47.1 Å². The number of furan rings is 1. The van der Waals surface area contributed by atoms with Crippen LogP contribution in [0.2, 0.25) is 0 Å². The maximum absolute atomic E-state index is 5.34. The lowest BCUT2D eigenvalue weighted by Crippen LogP contribution is -2.03. The van der Waals surface area contributed by atoms with Gasteiger partial charge in [-0.05, 0) is 18.2 Å². The van der Waals surface area contributed by atoms with E-state index in [9.17, 15) is 0 Å². The van der Waals surface area contributed by atoms with Crippen LogP contribution in [0.5, 0.6) is 0 Å². The van der Waals surface area contributed by atoms with Gasteiger partial charge in [-0.2, -0.15) is 0 Å². The van der Waals surface area contributed by atoms with E-state index in [2.05, 4.69) is 0 Å². The van der Waals surface area contributed by atoms with Gasteiger partial charge in [0, 0.05) is 25.3 Å². The van der Waals surface area contributed by atoms with Crippen molar-refractivity contribution < 1.29 is 13.9 Å². The summed E-state index contributed by atoms with van der Waals surface area (Å²) in [7, 11) is 3.24. The summed E-state index contributed by atoms with van der Waals surface area (Å²) in [6.45, 7) is 0. The summed E-state index contributed by atoms with van der Waals surface area (Å²) < 4.78 is 15.7. The van der Waals surface area contributed by atoms with Crippen molar-refractivity contribution in [2.75, 3.05) is 14.2 Å². The Morgan fingerprint density at radius 3 is 2.50 bits per heavy atom. The molecule has 0 unspecified atom stereocenters. The lowest BCUT2D eigenvalue weighted by atomic mass is 10.1. The molecule has 1 aromatic heterocycles. The predicted octanol–water partition coefficient (Wildman–Crippen LogP) is 3.24. The van der Waals surface area contributed by atoms with Gasteiger partial charge in [-0.25, -0.2) is 0 Å². The topological polar surface area (TPSA) is 31.6 Å².